The number of aliphatic hydroxyl groups is 1. The summed E-state index contributed by atoms with van der Waals surface area (Å²) in [5, 5.41) is 18.7. The number of urea groups is 1. The molecule has 2 N–H and O–H groups in total. The second-order valence-electron chi connectivity index (χ2n) is 5.33. The lowest BCUT2D eigenvalue weighted by Crippen LogP contribution is -2.57. The first-order valence-electron chi connectivity index (χ1n) is 7.43. The van der Waals surface area contributed by atoms with Gasteiger partial charge >= 0.3 is 12.0 Å². The Morgan fingerprint density at radius 2 is 2.10 bits per heavy atom. The van der Waals surface area contributed by atoms with Crippen molar-refractivity contribution in [2.45, 2.75) is 38.1 Å². The highest BCUT2D eigenvalue weighted by Crippen LogP contribution is 2.34. The molecule has 0 bridgehead atoms. The summed E-state index contributed by atoms with van der Waals surface area (Å²) in [4.78, 5) is 27.3. The van der Waals surface area contributed by atoms with E-state index in [1.54, 1.807) is 0 Å². The van der Waals surface area contributed by atoms with Crippen molar-refractivity contribution in [3.8, 4) is 0 Å². The summed E-state index contributed by atoms with van der Waals surface area (Å²) in [6.45, 7) is 3.08. The monoisotopic (exact) mass is 302 g/mol. The molecule has 122 valence electrons. The van der Waals surface area contributed by atoms with Gasteiger partial charge in [0.2, 0.25) is 0 Å². The average molecular weight is 302 g/mol. The van der Waals surface area contributed by atoms with E-state index >= 15 is 0 Å². The highest BCUT2D eigenvalue weighted by molar-refractivity contribution is 5.87. The zero-order valence-corrected chi connectivity index (χ0v) is 12.9. The van der Waals surface area contributed by atoms with Gasteiger partial charge in [0.25, 0.3) is 0 Å². The second kappa shape index (κ2) is 8.19. The smallest absolute Gasteiger partial charge is 0.329 e. The van der Waals surface area contributed by atoms with E-state index in [1.165, 1.54) is 16.9 Å². The average Bonchev–Trinajstić information content (AvgIpc) is 2.88. The highest BCUT2D eigenvalue weighted by atomic mass is 16.5. The lowest BCUT2D eigenvalue weighted by atomic mass is 9.91. The number of aliphatic hydroxyl groups excluding tert-OH is 1. The fraction of sp³-hybridized carbons (Fsp3) is 0.857. The number of hydrogen-bond acceptors (Lipinski definition) is 4. The van der Waals surface area contributed by atoms with Crippen molar-refractivity contribution >= 4 is 12.0 Å². The maximum Gasteiger partial charge on any atom is 0.329 e. The summed E-state index contributed by atoms with van der Waals surface area (Å²) in [7, 11) is 1.54. The molecule has 1 unspecified atom stereocenters. The number of amides is 2. The Hall–Kier alpha value is -1.34. The first kappa shape index (κ1) is 17.7. The van der Waals surface area contributed by atoms with Gasteiger partial charge < -0.3 is 24.7 Å². The van der Waals surface area contributed by atoms with E-state index in [0.29, 0.717) is 45.4 Å². The molecule has 0 spiro atoms. The van der Waals surface area contributed by atoms with Crippen LogP contribution in [0.15, 0.2) is 0 Å². The van der Waals surface area contributed by atoms with Crippen molar-refractivity contribution in [1.29, 1.82) is 0 Å². The van der Waals surface area contributed by atoms with Crippen molar-refractivity contribution in [2.24, 2.45) is 0 Å². The van der Waals surface area contributed by atoms with Crippen LogP contribution in [0, 0.1) is 0 Å². The standard InChI is InChI=1S/C14H26N2O5/c1-3-5-14(12(18)19)6-4-7-16(14)13(20)15(8-10-17)9-11-21-2/h17H,3-11H2,1-2H3,(H,18,19). The van der Waals surface area contributed by atoms with Crippen LogP contribution in [0.2, 0.25) is 0 Å². The fourth-order valence-corrected chi connectivity index (χ4v) is 2.96. The molecule has 0 aromatic rings. The van der Waals surface area contributed by atoms with Crippen molar-refractivity contribution in [2.75, 3.05) is 40.0 Å². The summed E-state index contributed by atoms with van der Waals surface area (Å²) in [6, 6.07) is -0.325. The number of hydrogen-bond donors (Lipinski definition) is 2. The summed E-state index contributed by atoms with van der Waals surface area (Å²) >= 11 is 0. The third kappa shape index (κ3) is 3.85. The predicted molar refractivity (Wildman–Crippen MR) is 77.1 cm³/mol. The maximum atomic E-state index is 12.7. The second-order valence-corrected chi connectivity index (χ2v) is 5.33. The molecule has 0 saturated carbocycles. The van der Waals surface area contributed by atoms with Gasteiger partial charge in [-0.15, -0.1) is 0 Å². The van der Waals surface area contributed by atoms with E-state index < -0.39 is 11.5 Å². The third-order valence-electron chi connectivity index (χ3n) is 3.99. The zero-order valence-electron chi connectivity index (χ0n) is 12.9. The molecule has 1 aliphatic rings. The number of nitrogens with zero attached hydrogens (tertiary/aromatic N) is 2. The Morgan fingerprint density at radius 3 is 2.62 bits per heavy atom. The molecule has 1 atom stereocenters. The van der Waals surface area contributed by atoms with E-state index in [-0.39, 0.29) is 19.2 Å². The lowest BCUT2D eigenvalue weighted by Gasteiger charge is -2.38. The van der Waals surface area contributed by atoms with Crippen LogP contribution in [-0.2, 0) is 9.53 Å². The van der Waals surface area contributed by atoms with Crippen LogP contribution < -0.4 is 0 Å². The maximum absolute atomic E-state index is 12.7. The highest BCUT2D eigenvalue weighted by Gasteiger charge is 2.50. The molecule has 1 saturated heterocycles. The first-order chi connectivity index (χ1) is 10.0. The largest absolute Gasteiger partial charge is 0.479 e. The lowest BCUT2D eigenvalue weighted by molar-refractivity contribution is -0.148. The van der Waals surface area contributed by atoms with Crippen LogP contribution in [-0.4, -0.2) is 77.5 Å². The molecule has 0 aromatic heterocycles. The van der Waals surface area contributed by atoms with Gasteiger partial charge in [0.05, 0.1) is 13.2 Å². The first-order valence-corrected chi connectivity index (χ1v) is 7.43. The van der Waals surface area contributed by atoms with Crippen molar-refractivity contribution in [3.63, 3.8) is 0 Å². The molecular weight excluding hydrogens is 276 g/mol. The summed E-state index contributed by atoms with van der Waals surface area (Å²) in [5.41, 5.74) is -1.10. The molecular formula is C14H26N2O5. The van der Waals surface area contributed by atoms with Crippen LogP contribution in [0.3, 0.4) is 0 Å². The van der Waals surface area contributed by atoms with Crippen LogP contribution in [0.5, 0.6) is 0 Å². The van der Waals surface area contributed by atoms with Crippen LogP contribution in [0.4, 0.5) is 4.79 Å². The van der Waals surface area contributed by atoms with Crippen LogP contribution >= 0.6 is 0 Å². The number of rotatable bonds is 8. The minimum Gasteiger partial charge on any atom is -0.479 e. The quantitative estimate of drug-likeness (QED) is 0.691. The van der Waals surface area contributed by atoms with Crippen molar-refractivity contribution in [1.82, 2.24) is 9.80 Å². The number of carboxylic acids is 1. The summed E-state index contributed by atoms with van der Waals surface area (Å²) in [6.07, 6.45) is 2.33. The van der Waals surface area contributed by atoms with Gasteiger partial charge in [-0.1, -0.05) is 13.3 Å². The van der Waals surface area contributed by atoms with E-state index in [1.807, 2.05) is 6.92 Å². The molecule has 1 rings (SSSR count). The van der Waals surface area contributed by atoms with Crippen LogP contribution in [0.1, 0.15) is 32.6 Å². The predicted octanol–water partition coefficient (Wildman–Crippen LogP) is 0.766. The van der Waals surface area contributed by atoms with E-state index in [2.05, 4.69) is 0 Å². The van der Waals surface area contributed by atoms with Gasteiger partial charge in [0.1, 0.15) is 5.54 Å². The molecule has 21 heavy (non-hydrogen) atoms. The van der Waals surface area contributed by atoms with Gasteiger partial charge in [-0.2, -0.15) is 0 Å². The Balaban J connectivity index is 2.92. The molecule has 1 aliphatic heterocycles. The van der Waals surface area contributed by atoms with Gasteiger partial charge in [-0.25, -0.2) is 9.59 Å². The van der Waals surface area contributed by atoms with Gasteiger partial charge in [-0.05, 0) is 19.3 Å². The Labute approximate surface area is 125 Å². The van der Waals surface area contributed by atoms with E-state index in [0.717, 1.165) is 0 Å². The number of aliphatic carboxylic acids is 1. The topological polar surface area (TPSA) is 90.3 Å². The minimum absolute atomic E-state index is 0.156. The molecule has 1 fully saturated rings. The van der Waals surface area contributed by atoms with Crippen molar-refractivity contribution < 1.29 is 24.5 Å². The minimum atomic E-state index is -1.10. The molecule has 1 heterocycles. The summed E-state index contributed by atoms with van der Waals surface area (Å²) in [5.74, 6) is -0.939. The van der Waals surface area contributed by atoms with E-state index in [9.17, 15) is 14.7 Å². The zero-order chi connectivity index (χ0) is 15.9. The third-order valence-corrected chi connectivity index (χ3v) is 3.99. The normalized spacial score (nSPS) is 21.6. The number of likely N-dealkylation sites (tertiary alicyclic amines) is 1. The summed E-state index contributed by atoms with van der Waals surface area (Å²) < 4.78 is 4.97. The SMILES string of the molecule is CCCC1(C(=O)O)CCCN1C(=O)N(CCO)CCOC. The van der Waals surface area contributed by atoms with E-state index in [4.69, 9.17) is 9.84 Å². The van der Waals surface area contributed by atoms with Gasteiger partial charge in [0, 0.05) is 26.7 Å². The van der Waals surface area contributed by atoms with Gasteiger partial charge in [0.15, 0.2) is 0 Å². The molecule has 7 nitrogen and oxygen atoms in total. The molecule has 7 heteroatoms. The van der Waals surface area contributed by atoms with Crippen LogP contribution in [0.25, 0.3) is 0 Å². The van der Waals surface area contributed by atoms with Gasteiger partial charge in [-0.3, -0.25) is 0 Å². The Kier molecular flexibility index (Phi) is 6.91. The number of ether oxygens (including phenoxy) is 1. The fourth-order valence-electron chi connectivity index (χ4n) is 2.96. The molecule has 0 radical (unpaired) electrons. The number of carboxylic acid groups (broad SMARTS) is 1. The Morgan fingerprint density at radius 1 is 1.38 bits per heavy atom. The number of methoxy groups -OCH3 is 1. The number of carbonyl (C=O) groups excluding carboxylic acids is 1. The number of carbonyl (C=O) groups is 2. The van der Waals surface area contributed by atoms with Crippen molar-refractivity contribution in [3.05, 3.63) is 0 Å². The Bertz CT molecular complexity index is 363. The molecule has 2 amide bonds. The molecule has 0 aliphatic carbocycles. The molecule has 0 aromatic carbocycles.